The number of para-hydroxylation sites is 1. The highest BCUT2D eigenvalue weighted by molar-refractivity contribution is 5.94. The largest absolute Gasteiger partial charge is 0.490 e. The van der Waals surface area contributed by atoms with E-state index in [2.05, 4.69) is 20.5 Å². The molecule has 30 heavy (non-hydrogen) atoms. The van der Waals surface area contributed by atoms with Crippen LogP contribution in [0.4, 0.5) is 4.39 Å². The van der Waals surface area contributed by atoms with Gasteiger partial charge in [0.2, 0.25) is 0 Å². The highest BCUT2D eigenvalue weighted by atomic mass is 19.1. The second-order valence-electron chi connectivity index (χ2n) is 7.09. The fourth-order valence-electron chi connectivity index (χ4n) is 3.37. The van der Waals surface area contributed by atoms with Gasteiger partial charge in [0, 0.05) is 39.0 Å². The second-order valence-corrected chi connectivity index (χ2v) is 7.09. The van der Waals surface area contributed by atoms with Crippen LogP contribution in [0.3, 0.4) is 0 Å². The number of benzene rings is 2. The molecule has 1 aliphatic rings. The van der Waals surface area contributed by atoms with E-state index in [1.165, 1.54) is 12.1 Å². The number of guanidine groups is 1. The van der Waals surface area contributed by atoms with Crippen molar-refractivity contribution in [3.05, 3.63) is 66.0 Å². The van der Waals surface area contributed by atoms with Gasteiger partial charge in [0.05, 0.1) is 12.1 Å². The van der Waals surface area contributed by atoms with Gasteiger partial charge in [-0.25, -0.2) is 4.39 Å². The monoisotopic (exact) mass is 412 g/mol. The molecular weight excluding hydrogens is 383 g/mol. The molecule has 6 nitrogen and oxygen atoms in total. The van der Waals surface area contributed by atoms with Gasteiger partial charge >= 0.3 is 0 Å². The fourth-order valence-corrected chi connectivity index (χ4v) is 3.37. The van der Waals surface area contributed by atoms with Crippen LogP contribution in [0.1, 0.15) is 30.1 Å². The number of nitrogens with one attached hydrogen (secondary N) is 2. The number of halogens is 1. The van der Waals surface area contributed by atoms with E-state index in [-0.39, 0.29) is 11.7 Å². The van der Waals surface area contributed by atoms with Crippen LogP contribution in [-0.4, -0.2) is 55.6 Å². The lowest BCUT2D eigenvalue weighted by atomic mass is 10.1. The summed E-state index contributed by atoms with van der Waals surface area (Å²) in [5.41, 5.74) is 0.0499. The minimum atomic E-state index is -0.521. The van der Waals surface area contributed by atoms with Crippen molar-refractivity contribution >= 4 is 11.9 Å². The van der Waals surface area contributed by atoms with Crippen molar-refractivity contribution in [2.45, 2.75) is 25.9 Å². The molecule has 2 aromatic rings. The number of piperidine rings is 1. The zero-order valence-electron chi connectivity index (χ0n) is 17.3. The molecule has 0 saturated carbocycles. The Morgan fingerprint density at radius 3 is 2.50 bits per heavy atom. The first-order chi connectivity index (χ1) is 14.7. The Labute approximate surface area is 177 Å². The summed E-state index contributed by atoms with van der Waals surface area (Å²) in [4.78, 5) is 18.9. The van der Waals surface area contributed by atoms with Crippen LogP contribution in [0.15, 0.2) is 59.6 Å². The third-order valence-corrected chi connectivity index (χ3v) is 4.90. The van der Waals surface area contributed by atoms with Gasteiger partial charge in [-0.05, 0) is 31.2 Å². The first-order valence-electron chi connectivity index (χ1n) is 10.4. The summed E-state index contributed by atoms with van der Waals surface area (Å²) in [5, 5.41) is 6.03. The Morgan fingerprint density at radius 2 is 1.80 bits per heavy atom. The van der Waals surface area contributed by atoms with Crippen LogP contribution in [-0.2, 0) is 0 Å². The van der Waals surface area contributed by atoms with Crippen molar-refractivity contribution in [2.24, 2.45) is 4.99 Å². The molecule has 0 aromatic heterocycles. The van der Waals surface area contributed by atoms with Gasteiger partial charge in [-0.1, -0.05) is 30.3 Å². The third-order valence-electron chi connectivity index (χ3n) is 4.90. The van der Waals surface area contributed by atoms with Crippen molar-refractivity contribution in [1.29, 1.82) is 0 Å². The average molecular weight is 413 g/mol. The van der Waals surface area contributed by atoms with E-state index in [4.69, 9.17) is 4.74 Å². The Morgan fingerprint density at radius 1 is 1.10 bits per heavy atom. The number of carbonyl (C=O) groups excluding carboxylic acids is 1. The minimum Gasteiger partial charge on any atom is -0.490 e. The summed E-state index contributed by atoms with van der Waals surface area (Å²) in [5.74, 6) is 0.789. The molecule has 0 unspecified atom stereocenters. The van der Waals surface area contributed by atoms with Crippen molar-refractivity contribution in [2.75, 3.05) is 32.7 Å². The number of likely N-dealkylation sites (tertiary alicyclic amines) is 1. The van der Waals surface area contributed by atoms with Gasteiger partial charge in [-0.3, -0.25) is 9.79 Å². The summed E-state index contributed by atoms with van der Waals surface area (Å²) >= 11 is 0. The highest BCUT2D eigenvalue weighted by Gasteiger charge is 2.22. The Kier molecular flexibility index (Phi) is 8.06. The summed E-state index contributed by atoms with van der Waals surface area (Å²) in [7, 11) is 0. The number of rotatable bonds is 7. The van der Waals surface area contributed by atoms with Crippen molar-refractivity contribution in [3.63, 3.8) is 0 Å². The van der Waals surface area contributed by atoms with Crippen LogP contribution in [0.5, 0.6) is 5.75 Å². The van der Waals surface area contributed by atoms with Gasteiger partial charge in [-0.2, -0.15) is 0 Å². The van der Waals surface area contributed by atoms with E-state index in [1.807, 2.05) is 37.3 Å². The highest BCUT2D eigenvalue weighted by Crippen LogP contribution is 2.18. The molecule has 0 radical (unpaired) electrons. The van der Waals surface area contributed by atoms with Crippen molar-refractivity contribution < 1.29 is 13.9 Å². The zero-order chi connectivity index (χ0) is 21.2. The molecule has 0 bridgehead atoms. The first-order valence-corrected chi connectivity index (χ1v) is 10.4. The molecular formula is C23H29FN4O2. The summed E-state index contributed by atoms with van der Waals surface area (Å²) in [6.45, 7) is 5.26. The molecule has 1 aliphatic heterocycles. The van der Waals surface area contributed by atoms with E-state index in [0.29, 0.717) is 13.1 Å². The Bertz CT molecular complexity index is 836. The molecule has 1 amide bonds. The lowest BCUT2D eigenvalue weighted by Crippen LogP contribution is -2.47. The molecule has 3 rings (SSSR count). The molecule has 1 fully saturated rings. The van der Waals surface area contributed by atoms with Gasteiger partial charge < -0.3 is 20.3 Å². The molecule has 0 aliphatic carbocycles. The maximum Gasteiger partial charge on any atom is 0.254 e. The predicted molar refractivity (Wildman–Crippen MR) is 116 cm³/mol. The molecule has 160 valence electrons. The number of carbonyl (C=O) groups is 1. The summed E-state index contributed by atoms with van der Waals surface area (Å²) in [6.07, 6.45) is 2.04. The number of nitrogens with zero attached hydrogens (tertiary/aromatic N) is 2. The third kappa shape index (κ3) is 6.20. The summed E-state index contributed by atoms with van der Waals surface area (Å²) < 4.78 is 19.7. The standard InChI is InChI=1S/C23H29FN4O2/c1-2-25-23(27-15-14-26-22(29)20-10-6-7-11-21(20)24)28-16-12-19(13-17-28)30-18-8-4-3-5-9-18/h3-11,19H,2,12-17H2,1H3,(H,25,27)(H,26,29). The number of aliphatic imine (C=N–C) groups is 1. The lowest BCUT2D eigenvalue weighted by molar-refractivity contribution is 0.0950. The average Bonchev–Trinajstić information content (AvgIpc) is 2.77. The molecule has 1 heterocycles. The molecule has 0 spiro atoms. The van der Waals surface area contributed by atoms with Crippen LogP contribution in [0, 0.1) is 5.82 Å². The normalized spacial score (nSPS) is 15.0. The first kappa shape index (κ1) is 21.6. The Hall–Kier alpha value is -3.09. The van der Waals surface area contributed by atoms with Gasteiger partial charge in [-0.15, -0.1) is 0 Å². The van der Waals surface area contributed by atoms with Crippen LogP contribution >= 0.6 is 0 Å². The number of amides is 1. The number of hydrogen-bond acceptors (Lipinski definition) is 3. The molecule has 1 saturated heterocycles. The quantitative estimate of drug-likeness (QED) is 0.417. The van der Waals surface area contributed by atoms with Crippen LogP contribution < -0.4 is 15.4 Å². The smallest absolute Gasteiger partial charge is 0.254 e. The van der Waals surface area contributed by atoms with Gasteiger partial charge in [0.15, 0.2) is 5.96 Å². The molecule has 0 atom stereocenters. The van der Waals surface area contributed by atoms with Crippen LogP contribution in [0.25, 0.3) is 0 Å². The van der Waals surface area contributed by atoms with E-state index in [9.17, 15) is 9.18 Å². The zero-order valence-corrected chi connectivity index (χ0v) is 17.3. The van der Waals surface area contributed by atoms with Gasteiger partial charge in [0.1, 0.15) is 17.7 Å². The maximum absolute atomic E-state index is 13.7. The molecule has 2 N–H and O–H groups in total. The number of hydrogen-bond donors (Lipinski definition) is 2. The van der Waals surface area contributed by atoms with E-state index >= 15 is 0 Å². The SMILES string of the molecule is CCNC(=NCCNC(=O)c1ccccc1F)N1CCC(Oc2ccccc2)CC1. The Balaban J connectivity index is 1.46. The van der Waals surface area contributed by atoms with Crippen LogP contribution in [0.2, 0.25) is 0 Å². The van der Waals surface area contributed by atoms with Gasteiger partial charge in [0.25, 0.3) is 5.91 Å². The van der Waals surface area contributed by atoms with E-state index in [1.54, 1.807) is 12.1 Å². The minimum absolute atomic E-state index is 0.0499. The fraction of sp³-hybridized carbons (Fsp3) is 0.391. The lowest BCUT2D eigenvalue weighted by Gasteiger charge is -2.34. The summed E-state index contributed by atoms with van der Waals surface area (Å²) in [6, 6.07) is 15.9. The van der Waals surface area contributed by atoms with E-state index in [0.717, 1.165) is 44.2 Å². The van der Waals surface area contributed by atoms with Crippen molar-refractivity contribution in [1.82, 2.24) is 15.5 Å². The topological polar surface area (TPSA) is 66.0 Å². The molecule has 7 heteroatoms. The predicted octanol–water partition coefficient (Wildman–Crippen LogP) is 3.06. The van der Waals surface area contributed by atoms with E-state index < -0.39 is 11.7 Å². The molecule has 2 aromatic carbocycles. The maximum atomic E-state index is 13.7. The number of ether oxygens (including phenoxy) is 1. The second kappa shape index (κ2) is 11.2. The van der Waals surface area contributed by atoms with Crippen molar-refractivity contribution in [3.8, 4) is 5.75 Å².